The zero-order chi connectivity index (χ0) is 15.6. The topological polar surface area (TPSA) is 51.0 Å². The Kier molecular flexibility index (Phi) is 4.37. The third-order valence-corrected chi connectivity index (χ3v) is 2.94. The van der Waals surface area contributed by atoms with E-state index in [1.54, 1.807) is 6.92 Å². The van der Waals surface area contributed by atoms with E-state index < -0.39 is 11.6 Å². The van der Waals surface area contributed by atoms with Gasteiger partial charge in [0.15, 0.2) is 0 Å². The normalized spacial score (nSPS) is 11.9. The monoisotopic (exact) mass is 295 g/mol. The number of nitrogens with zero attached hydrogens (tertiary/aromatic N) is 2. The van der Waals surface area contributed by atoms with Crippen molar-refractivity contribution in [2.24, 2.45) is 0 Å². The second kappa shape index (κ2) is 5.89. The Morgan fingerprint density at radius 3 is 2.52 bits per heavy atom. The lowest BCUT2D eigenvalue weighted by Crippen LogP contribution is -2.37. The second-order valence-electron chi connectivity index (χ2n) is 6.01. The van der Waals surface area contributed by atoms with Crippen molar-refractivity contribution in [3.05, 3.63) is 35.2 Å². The number of hydrogen-bond donors (Lipinski definition) is 1. The predicted molar refractivity (Wildman–Crippen MR) is 75.8 cm³/mol. The van der Waals surface area contributed by atoms with Gasteiger partial charge in [-0.1, -0.05) is 0 Å². The smallest absolute Gasteiger partial charge is 0.250 e. The van der Waals surface area contributed by atoms with Crippen molar-refractivity contribution in [3.63, 3.8) is 0 Å². The molecule has 1 heterocycles. The van der Waals surface area contributed by atoms with E-state index in [1.165, 1.54) is 6.07 Å². The van der Waals surface area contributed by atoms with Crippen LogP contribution in [-0.2, 0) is 6.42 Å². The summed E-state index contributed by atoms with van der Waals surface area (Å²) >= 11 is 0. The quantitative estimate of drug-likeness (QED) is 0.940. The van der Waals surface area contributed by atoms with Crippen molar-refractivity contribution >= 4 is 0 Å². The molecule has 6 heteroatoms. The molecule has 0 fully saturated rings. The third-order valence-electron chi connectivity index (χ3n) is 2.94. The van der Waals surface area contributed by atoms with E-state index in [0.29, 0.717) is 24.4 Å². The first-order chi connectivity index (χ1) is 9.76. The van der Waals surface area contributed by atoms with Gasteiger partial charge < -0.3 is 9.73 Å². The van der Waals surface area contributed by atoms with Crippen LogP contribution in [-0.4, -0.2) is 22.3 Å². The number of aryl methyl sites for hydroxylation is 1. The summed E-state index contributed by atoms with van der Waals surface area (Å²) in [6.07, 6.45) is 0.548. The highest BCUT2D eigenvalue weighted by atomic mass is 19.1. The zero-order valence-electron chi connectivity index (χ0n) is 12.6. The van der Waals surface area contributed by atoms with E-state index in [-0.39, 0.29) is 17.0 Å². The fourth-order valence-corrected chi connectivity index (χ4v) is 1.83. The van der Waals surface area contributed by atoms with E-state index in [0.717, 1.165) is 6.07 Å². The lowest BCUT2D eigenvalue weighted by Gasteiger charge is -2.19. The Bertz CT molecular complexity index is 632. The first kappa shape index (κ1) is 15.6. The number of hydrogen-bond acceptors (Lipinski definition) is 4. The predicted octanol–water partition coefficient (Wildman–Crippen LogP) is 3.25. The molecule has 0 saturated carbocycles. The molecule has 0 aliphatic carbocycles. The molecule has 2 rings (SSSR count). The molecule has 1 aromatic heterocycles. The van der Waals surface area contributed by atoms with Crippen LogP contribution in [0.1, 0.15) is 32.2 Å². The summed E-state index contributed by atoms with van der Waals surface area (Å²) in [6.45, 7) is 8.41. The summed E-state index contributed by atoms with van der Waals surface area (Å²) < 4.78 is 32.4. The lowest BCUT2D eigenvalue weighted by molar-refractivity contribution is 0.411. The first-order valence-electron chi connectivity index (χ1n) is 6.80. The Morgan fingerprint density at radius 2 is 1.86 bits per heavy atom. The average molecular weight is 295 g/mol. The van der Waals surface area contributed by atoms with Gasteiger partial charge in [-0.2, -0.15) is 0 Å². The fourth-order valence-electron chi connectivity index (χ4n) is 1.83. The molecule has 1 aromatic carbocycles. The SMILES string of the molecule is Cc1cc(-c2nnc(CCNC(C)(C)C)o2)c(F)cc1F. The number of rotatable bonds is 4. The van der Waals surface area contributed by atoms with Gasteiger partial charge in [0.1, 0.15) is 11.6 Å². The molecular weight excluding hydrogens is 276 g/mol. The summed E-state index contributed by atoms with van der Waals surface area (Å²) in [5.41, 5.74) is 0.459. The van der Waals surface area contributed by atoms with Gasteiger partial charge in [-0.15, -0.1) is 10.2 Å². The standard InChI is InChI=1S/C15H19F2N3O/c1-9-7-10(12(17)8-11(9)16)14-20-19-13(21-14)5-6-18-15(2,3)4/h7-8,18H,5-6H2,1-4H3. The second-order valence-corrected chi connectivity index (χ2v) is 6.01. The largest absolute Gasteiger partial charge is 0.421 e. The Balaban J connectivity index is 2.11. The van der Waals surface area contributed by atoms with E-state index >= 15 is 0 Å². The molecule has 0 aliphatic heterocycles. The van der Waals surface area contributed by atoms with Gasteiger partial charge in [0, 0.05) is 24.6 Å². The van der Waals surface area contributed by atoms with Crippen LogP contribution >= 0.6 is 0 Å². The van der Waals surface area contributed by atoms with Gasteiger partial charge in [0.05, 0.1) is 5.56 Å². The van der Waals surface area contributed by atoms with Crippen LogP contribution < -0.4 is 5.32 Å². The molecule has 0 aliphatic rings. The summed E-state index contributed by atoms with van der Waals surface area (Å²) in [5, 5.41) is 11.0. The summed E-state index contributed by atoms with van der Waals surface area (Å²) in [4.78, 5) is 0. The maximum atomic E-state index is 13.8. The molecule has 114 valence electrons. The average Bonchev–Trinajstić information content (AvgIpc) is 2.81. The highest BCUT2D eigenvalue weighted by molar-refractivity contribution is 5.55. The van der Waals surface area contributed by atoms with Crippen LogP contribution in [0.5, 0.6) is 0 Å². The van der Waals surface area contributed by atoms with Crippen LogP contribution in [0.2, 0.25) is 0 Å². The Labute approximate surface area is 122 Å². The van der Waals surface area contributed by atoms with Crippen LogP contribution in [0.4, 0.5) is 8.78 Å². The van der Waals surface area contributed by atoms with Gasteiger partial charge in [-0.3, -0.25) is 0 Å². The molecule has 0 saturated heterocycles. The molecule has 0 radical (unpaired) electrons. The highest BCUT2D eigenvalue weighted by Crippen LogP contribution is 2.24. The van der Waals surface area contributed by atoms with Crippen LogP contribution in [0.25, 0.3) is 11.5 Å². The Morgan fingerprint density at radius 1 is 1.14 bits per heavy atom. The fraction of sp³-hybridized carbons (Fsp3) is 0.467. The number of nitrogens with one attached hydrogen (secondary N) is 1. The van der Waals surface area contributed by atoms with Crippen molar-refractivity contribution in [1.29, 1.82) is 0 Å². The van der Waals surface area contributed by atoms with Gasteiger partial charge in [-0.25, -0.2) is 8.78 Å². The van der Waals surface area contributed by atoms with Gasteiger partial charge >= 0.3 is 0 Å². The molecule has 0 amide bonds. The van der Waals surface area contributed by atoms with Crippen molar-refractivity contribution in [2.45, 2.75) is 39.7 Å². The maximum Gasteiger partial charge on any atom is 0.250 e. The molecule has 21 heavy (non-hydrogen) atoms. The minimum Gasteiger partial charge on any atom is -0.421 e. The molecule has 0 spiro atoms. The van der Waals surface area contributed by atoms with Gasteiger partial charge in [0.2, 0.25) is 5.89 Å². The summed E-state index contributed by atoms with van der Waals surface area (Å²) in [5.74, 6) is -0.809. The summed E-state index contributed by atoms with van der Waals surface area (Å²) in [6, 6.07) is 2.20. The number of aromatic nitrogens is 2. The molecule has 4 nitrogen and oxygen atoms in total. The molecular formula is C15H19F2N3O. The number of halogens is 2. The third kappa shape index (κ3) is 4.07. The molecule has 0 bridgehead atoms. The van der Waals surface area contributed by atoms with E-state index in [2.05, 4.69) is 36.3 Å². The van der Waals surface area contributed by atoms with E-state index in [4.69, 9.17) is 4.42 Å². The van der Waals surface area contributed by atoms with E-state index in [9.17, 15) is 8.78 Å². The minimum absolute atomic E-state index is 0.00300. The molecule has 2 aromatic rings. The minimum atomic E-state index is -0.707. The number of benzene rings is 1. The first-order valence-corrected chi connectivity index (χ1v) is 6.80. The molecule has 0 atom stereocenters. The van der Waals surface area contributed by atoms with Gasteiger partial charge in [-0.05, 0) is 39.3 Å². The zero-order valence-corrected chi connectivity index (χ0v) is 12.6. The Hall–Kier alpha value is -1.82. The summed E-state index contributed by atoms with van der Waals surface area (Å²) in [7, 11) is 0. The molecule has 0 unspecified atom stereocenters. The highest BCUT2D eigenvalue weighted by Gasteiger charge is 2.16. The van der Waals surface area contributed by atoms with E-state index in [1.807, 2.05) is 0 Å². The van der Waals surface area contributed by atoms with Gasteiger partial charge in [0.25, 0.3) is 5.89 Å². The maximum absolute atomic E-state index is 13.8. The van der Waals surface area contributed by atoms with Crippen LogP contribution in [0.15, 0.2) is 16.5 Å². The van der Waals surface area contributed by atoms with Crippen molar-refractivity contribution in [2.75, 3.05) is 6.54 Å². The van der Waals surface area contributed by atoms with Crippen LogP contribution in [0, 0.1) is 18.6 Å². The van der Waals surface area contributed by atoms with Crippen molar-refractivity contribution in [3.8, 4) is 11.5 Å². The van der Waals surface area contributed by atoms with Crippen molar-refractivity contribution in [1.82, 2.24) is 15.5 Å². The van der Waals surface area contributed by atoms with Crippen molar-refractivity contribution < 1.29 is 13.2 Å². The lowest BCUT2D eigenvalue weighted by atomic mass is 10.1. The van der Waals surface area contributed by atoms with Crippen LogP contribution in [0.3, 0.4) is 0 Å². The molecule has 1 N–H and O–H groups in total.